The fourth-order valence-electron chi connectivity index (χ4n) is 2.77. The molecule has 1 aliphatic rings. The molecule has 1 fully saturated rings. The second kappa shape index (κ2) is 9.23. The maximum Gasteiger partial charge on any atom is 0.263 e. The number of carbonyl (C=O) groups excluding carboxylic acids is 1. The summed E-state index contributed by atoms with van der Waals surface area (Å²) in [5.74, 6) is 1.22. The van der Waals surface area contributed by atoms with E-state index in [1.165, 1.54) is 6.42 Å². The van der Waals surface area contributed by atoms with Gasteiger partial charge in [0.2, 0.25) is 0 Å². The molecule has 0 spiro atoms. The van der Waals surface area contributed by atoms with Gasteiger partial charge in [0, 0.05) is 18.1 Å². The van der Waals surface area contributed by atoms with Crippen molar-refractivity contribution in [3.63, 3.8) is 0 Å². The molecule has 2 unspecified atom stereocenters. The summed E-state index contributed by atoms with van der Waals surface area (Å²) in [7, 11) is 1.95. The van der Waals surface area contributed by atoms with Crippen LogP contribution < -0.4 is 10.1 Å². The molecule has 2 atom stereocenters. The first-order valence-corrected chi connectivity index (χ1v) is 7.83. The molecule has 1 aromatic rings. The van der Waals surface area contributed by atoms with Crippen LogP contribution in [0.5, 0.6) is 5.75 Å². The van der Waals surface area contributed by atoms with Gasteiger partial charge in [-0.15, -0.1) is 12.4 Å². The molecule has 4 nitrogen and oxygen atoms in total. The van der Waals surface area contributed by atoms with Crippen LogP contribution in [-0.2, 0) is 4.79 Å². The predicted molar refractivity (Wildman–Crippen MR) is 92.0 cm³/mol. The molecule has 1 heterocycles. The molecule has 22 heavy (non-hydrogen) atoms. The number of hydrogen-bond donors (Lipinski definition) is 1. The van der Waals surface area contributed by atoms with Gasteiger partial charge in [0.25, 0.3) is 5.91 Å². The van der Waals surface area contributed by atoms with E-state index in [9.17, 15) is 4.79 Å². The van der Waals surface area contributed by atoms with Gasteiger partial charge in [-0.2, -0.15) is 0 Å². The molecule has 1 aliphatic heterocycles. The second-order valence-electron chi connectivity index (χ2n) is 5.57. The molecule has 0 radical (unpaired) electrons. The lowest BCUT2D eigenvalue weighted by Gasteiger charge is -2.34. The topological polar surface area (TPSA) is 41.6 Å². The third-order valence-electron chi connectivity index (χ3n) is 3.78. The molecule has 0 aliphatic carbocycles. The number of carbonyl (C=O) groups is 1. The summed E-state index contributed by atoms with van der Waals surface area (Å²) in [5.41, 5.74) is 0. The van der Waals surface area contributed by atoms with Crippen molar-refractivity contribution in [2.24, 2.45) is 5.92 Å². The maximum atomic E-state index is 12.5. The first-order chi connectivity index (χ1) is 10.1. The maximum absolute atomic E-state index is 12.5. The first-order valence-electron chi connectivity index (χ1n) is 7.45. The summed E-state index contributed by atoms with van der Waals surface area (Å²) < 4.78 is 5.71. The summed E-state index contributed by atoms with van der Waals surface area (Å²) >= 11 is 5.93. The molecular formula is C16H24Cl2N2O2. The van der Waals surface area contributed by atoms with Crippen LogP contribution in [0.3, 0.4) is 0 Å². The van der Waals surface area contributed by atoms with Crippen LogP contribution in [0, 0.1) is 5.92 Å². The molecule has 1 saturated heterocycles. The van der Waals surface area contributed by atoms with Crippen LogP contribution in [-0.4, -0.2) is 43.6 Å². The number of halogens is 2. The highest BCUT2D eigenvalue weighted by Gasteiger charge is 2.27. The summed E-state index contributed by atoms with van der Waals surface area (Å²) in [6.45, 7) is 4.38. The van der Waals surface area contributed by atoms with Gasteiger partial charge >= 0.3 is 0 Å². The average Bonchev–Trinajstić information content (AvgIpc) is 2.47. The number of amides is 1. The van der Waals surface area contributed by atoms with E-state index in [-0.39, 0.29) is 18.3 Å². The van der Waals surface area contributed by atoms with Crippen LogP contribution in [0.15, 0.2) is 24.3 Å². The van der Waals surface area contributed by atoms with Crippen molar-refractivity contribution in [1.82, 2.24) is 10.2 Å². The molecule has 0 bridgehead atoms. The lowest BCUT2D eigenvalue weighted by Crippen LogP contribution is -2.47. The van der Waals surface area contributed by atoms with Crippen molar-refractivity contribution in [2.75, 3.05) is 26.7 Å². The molecule has 124 valence electrons. The van der Waals surface area contributed by atoms with Crippen LogP contribution in [0.4, 0.5) is 0 Å². The summed E-state index contributed by atoms with van der Waals surface area (Å²) in [4.78, 5) is 14.4. The summed E-state index contributed by atoms with van der Waals surface area (Å²) in [5, 5.41) is 3.80. The Balaban J connectivity index is 0.00000242. The number of benzene rings is 1. The number of rotatable bonds is 5. The van der Waals surface area contributed by atoms with Gasteiger partial charge in [-0.3, -0.25) is 4.79 Å². The number of nitrogens with zero attached hydrogens (tertiary/aromatic N) is 1. The van der Waals surface area contributed by atoms with Crippen molar-refractivity contribution >= 4 is 29.9 Å². The van der Waals surface area contributed by atoms with E-state index in [4.69, 9.17) is 16.3 Å². The van der Waals surface area contributed by atoms with Crippen molar-refractivity contribution in [2.45, 2.75) is 25.9 Å². The number of hydrogen-bond acceptors (Lipinski definition) is 3. The highest BCUT2D eigenvalue weighted by atomic mass is 35.5. The van der Waals surface area contributed by atoms with Gasteiger partial charge in [-0.1, -0.05) is 17.7 Å². The van der Waals surface area contributed by atoms with Gasteiger partial charge in [-0.25, -0.2) is 0 Å². The lowest BCUT2D eigenvalue weighted by atomic mass is 9.97. The van der Waals surface area contributed by atoms with Crippen molar-refractivity contribution in [1.29, 1.82) is 0 Å². The van der Waals surface area contributed by atoms with Gasteiger partial charge < -0.3 is 15.0 Å². The highest BCUT2D eigenvalue weighted by molar-refractivity contribution is 6.30. The van der Waals surface area contributed by atoms with E-state index in [1.54, 1.807) is 19.1 Å². The number of piperidine rings is 1. The monoisotopic (exact) mass is 346 g/mol. The van der Waals surface area contributed by atoms with E-state index in [2.05, 4.69) is 5.32 Å². The van der Waals surface area contributed by atoms with Gasteiger partial charge in [0.05, 0.1) is 0 Å². The Morgan fingerprint density at radius 3 is 3.00 bits per heavy atom. The van der Waals surface area contributed by atoms with Crippen LogP contribution in [0.1, 0.15) is 19.8 Å². The summed E-state index contributed by atoms with van der Waals surface area (Å²) in [6.07, 6.45) is 1.74. The molecule has 0 saturated carbocycles. The largest absolute Gasteiger partial charge is 0.481 e. The third-order valence-corrected chi connectivity index (χ3v) is 4.02. The van der Waals surface area contributed by atoms with E-state index >= 15 is 0 Å². The Bertz CT molecular complexity index is 483. The minimum Gasteiger partial charge on any atom is -0.481 e. The molecule has 1 amide bonds. The van der Waals surface area contributed by atoms with Crippen LogP contribution in [0.25, 0.3) is 0 Å². The van der Waals surface area contributed by atoms with Crippen molar-refractivity contribution < 1.29 is 9.53 Å². The number of likely N-dealkylation sites (tertiary alicyclic amines) is 1. The van der Waals surface area contributed by atoms with Crippen molar-refractivity contribution in [3.8, 4) is 5.75 Å². The molecule has 2 rings (SSSR count). The van der Waals surface area contributed by atoms with Gasteiger partial charge in [0.15, 0.2) is 6.10 Å². The molecular weight excluding hydrogens is 323 g/mol. The fraction of sp³-hybridized carbons (Fsp3) is 0.562. The van der Waals surface area contributed by atoms with E-state index in [1.807, 2.05) is 24.1 Å². The molecule has 1 aromatic carbocycles. The van der Waals surface area contributed by atoms with Gasteiger partial charge in [0.1, 0.15) is 5.75 Å². The van der Waals surface area contributed by atoms with Gasteiger partial charge in [-0.05, 0) is 57.5 Å². The van der Waals surface area contributed by atoms with E-state index in [0.29, 0.717) is 16.7 Å². The normalized spacial score (nSPS) is 19.2. The SMILES string of the molecule is CNCC1CCCN(C(=O)C(C)Oc2cccc(Cl)c2)C1.Cl. The zero-order valence-electron chi connectivity index (χ0n) is 13.0. The van der Waals surface area contributed by atoms with Crippen LogP contribution in [0.2, 0.25) is 5.02 Å². The quantitative estimate of drug-likeness (QED) is 0.890. The Kier molecular flexibility index (Phi) is 8.01. The molecule has 0 aromatic heterocycles. The van der Waals surface area contributed by atoms with E-state index < -0.39 is 6.10 Å². The minimum absolute atomic E-state index is 0. The third kappa shape index (κ3) is 5.34. The Morgan fingerprint density at radius 2 is 2.32 bits per heavy atom. The zero-order valence-corrected chi connectivity index (χ0v) is 14.6. The van der Waals surface area contributed by atoms with Crippen molar-refractivity contribution in [3.05, 3.63) is 29.3 Å². The predicted octanol–water partition coefficient (Wildman–Crippen LogP) is 2.99. The fourth-order valence-corrected chi connectivity index (χ4v) is 2.95. The smallest absolute Gasteiger partial charge is 0.263 e. The summed E-state index contributed by atoms with van der Waals surface area (Å²) in [6, 6.07) is 7.15. The second-order valence-corrected chi connectivity index (χ2v) is 6.00. The first kappa shape index (κ1) is 19.1. The number of nitrogens with one attached hydrogen (secondary N) is 1. The minimum atomic E-state index is -0.489. The molecule has 1 N–H and O–H groups in total. The zero-order chi connectivity index (χ0) is 15.2. The molecule has 6 heteroatoms. The lowest BCUT2D eigenvalue weighted by molar-refractivity contribution is -0.139. The Hall–Kier alpha value is -0.970. The average molecular weight is 347 g/mol. The Morgan fingerprint density at radius 1 is 1.55 bits per heavy atom. The Labute approximate surface area is 143 Å². The highest BCUT2D eigenvalue weighted by Crippen LogP contribution is 2.20. The van der Waals surface area contributed by atoms with E-state index in [0.717, 1.165) is 26.1 Å². The standard InChI is InChI=1S/C16H23ClN2O2.ClH/c1-12(21-15-7-3-6-14(17)9-15)16(20)19-8-4-5-13(11-19)10-18-2;/h3,6-7,9,12-13,18H,4-5,8,10-11H2,1-2H3;1H. The van der Waals surface area contributed by atoms with Crippen LogP contribution >= 0.6 is 24.0 Å². The number of ether oxygens (including phenoxy) is 1.